The summed E-state index contributed by atoms with van der Waals surface area (Å²) in [4.78, 5) is 7.63. The van der Waals surface area contributed by atoms with Crippen LogP contribution >= 0.6 is 24.0 Å². The Morgan fingerprint density at radius 2 is 1.84 bits per heavy atom. The fourth-order valence-corrected chi connectivity index (χ4v) is 5.00. The SMILES string of the molecule is Cc1cc(N2C(=S)N[C@@H](c3ccccn3)[C@H]2c2ccc(Sc3ccccc3)o2)ccc1F. The van der Waals surface area contributed by atoms with Gasteiger partial charge in [-0.3, -0.25) is 4.98 Å². The monoisotopic (exact) mass is 461 g/mol. The van der Waals surface area contributed by atoms with E-state index in [2.05, 4.69) is 10.3 Å². The summed E-state index contributed by atoms with van der Waals surface area (Å²) >= 11 is 7.27. The molecule has 4 nitrogen and oxygen atoms in total. The number of hydrogen-bond acceptors (Lipinski definition) is 4. The van der Waals surface area contributed by atoms with Crippen LogP contribution in [0.25, 0.3) is 0 Å². The van der Waals surface area contributed by atoms with E-state index in [0.29, 0.717) is 10.7 Å². The van der Waals surface area contributed by atoms with Crippen LogP contribution in [0.5, 0.6) is 0 Å². The van der Waals surface area contributed by atoms with Crippen molar-refractivity contribution in [1.29, 1.82) is 0 Å². The predicted octanol–water partition coefficient (Wildman–Crippen LogP) is 6.45. The number of pyridine rings is 1. The van der Waals surface area contributed by atoms with Crippen LogP contribution in [-0.2, 0) is 0 Å². The smallest absolute Gasteiger partial charge is 0.174 e. The number of rotatable bonds is 5. The first-order valence-electron chi connectivity index (χ1n) is 10.2. The summed E-state index contributed by atoms with van der Waals surface area (Å²) in [6, 6.07) is 24.4. The molecule has 7 heteroatoms. The summed E-state index contributed by atoms with van der Waals surface area (Å²) < 4.78 is 20.3. The normalized spacial score (nSPS) is 18.1. The average molecular weight is 462 g/mol. The highest BCUT2D eigenvalue weighted by molar-refractivity contribution is 7.99. The average Bonchev–Trinajstić information content (AvgIpc) is 3.41. The van der Waals surface area contributed by atoms with Gasteiger partial charge in [0, 0.05) is 16.8 Å². The number of nitrogens with one attached hydrogen (secondary N) is 1. The molecule has 2 aromatic carbocycles. The zero-order chi connectivity index (χ0) is 22.1. The van der Waals surface area contributed by atoms with E-state index in [4.69, 9.17) is 16.6 Å². The Morgan fingerprint density at radius 1 is 1.03 bits per heavy atom. The number of halogens is 1. The molecule has 0 bridgehead atoms. The Hall–Kier alpha value is -3.16. The van der Waals surface area contributed by atoms with E-state index in [-0.39, 0.29) is 17.9 Å². The molecular weight excluding hydrogens is 441 g/mol. The third-order valence-electron chi connectivity index (χ3n) is 5.37. The summed E-state index contributed by atoms with van der Waals surface area (Å²) in [5, 5.41) is 4.73. The standard InChI is InChI=1S/C25H20FN3OS2/c1-16-15-17(10-11-19(16)26)29-24(23(28-25(29)31)20-9-5-6-14-27-20)21-12-13-22(30-21)32-18-7-3-2-4-8-18/h2-15,23-24H,1H3,(H,28,31)/t23-,24+/m0/s1. The van der Waals surface area contributed by atoms with Gasteiger partial charge in [-0.05, 0) is 79.3 Å². The molecule has 1 N–H and O–H groups in total. The first kappa shape index (κ1) is 20.7. The topological polar surface area (TPSA) is 41.3 Å². The summed E-state index contributed by atoms with van der Waals surface area (Å²) in [5.41, 5.74) is 2.22. The van der Waals surface area contributed by atoms with Gasteiger partial charge in [-0.15, -0.1) is 0 Å². The van der Waals surface area contributed by atoms with E-state index in [1.165, 1.54) is 6.07 Å². The van der Waals surface area contributed by atoms with Crippen molar-refractivity contribution in [3.8, 4) is 0 Å². The van der Waals surface area contributed by atoms with Crippen molar-refractivity contribution in [3.63, 3.8) is 0 Å². The van der Waals surface area contributed by atoms with Crippen LogP contribution in [-0.4, -0.2) is 10.1 Å². The van der Waals surface area contributed by atoms with Crippen molar-refractivity contribution < 1.29 is 8.81 Å². The van der Waals surface area contributed by atoms with Gasteiger partial charge in [-0.1, -0.05) is 36.0 Å². The second-order valence-corrected chi connectivity index (χ2v) is 8.97. The first-order chi connectivity index (χ1) is 15.6. The van der Waals surface area contributed by atoms with Crippen LogP contribution < -0.4 is 10.2 Å². The van der Waals surface area contributed by atoms with Gasteiger partial charge < -0.3 is 14.6 Å². The second kappa shape index (κ2) is 8.76. The van der Waals surface area contributed by atoms with Crippen molar-refractivity contribution in [1.82, 2.24) is 10.3 Å². The Labute approximate surface area is 195 Å². The van der Waals surface area contributed by atoms with Crippen LogP contribution in [0, 0.1) is 12.7 Å². The Balaban J connectivity index is 1.55. The Kier molecular flexibility index (Phi) is 5.68. The maximum Gasteiger partial charge on any atom is 0.174 e. The lowest BCUT2D eigenvalue weighted by Gasteiger charge is -2.26. The van der Waals surface area contributed by atoms with Gasteiger partial charge in [0.25, 0.3) is 0 Å². The van der Waals surface area contributed by atoms with Crippen LogP contribution in [0.15, 0.2) is 99.5 Å². The molecule has 4 aromatic rings. The fraction of sp³-hybridized carbons (Fsp3) is 0.120. The number of hydrogen-bond donors (Lipinski definition) is 1. The molecule has 5 rings (SSSR count). The number of aryl methyl sites for hydroxylation is 1. The van der Waals surface area contributed by atoms with E-state index in [0.717, 1.165) is 27.1 Å². The summed E-state index contributed by atoms with van der Waals surface area (Å²) in [6.45, 7) is 1.75. The highest BCUT2D eigenvalue weighted by Gasteiger charge is 2.42. The highest BCUT2D eigenvalue weighted by Crippen LogP contribution is 2.43. The third kappa shape index (κ3) is 4.01. The predicted molar refractivity (Wildman–Crippen MR) is 128 cm³/mol. The number of benzene rings is 2. The van der Waals surface area contributed by atoms with Gasteiger partial charge in [0.15, 0.2) is 10.2 Å². The molecule has 1 fully saturated rings. The maximum absolute atomic E-state index is 14.0. The number of anilines is 1. The van der Waals surface area contributed by atoms with Crippen molar-refractivity contribution >= 4 is 34.8 Å². The van der Waals surface area contributed by atoms with E-state index < -0.39 is 0 Å². The molecule has 0 spiro atoms. The molecule has 160 valence electrons. The molecule has 3 heterocycles. The summed E-state index contributed by atoms with van der Waals surface area (Å²) in [6.07, 6.45) is 1.76. The molecular formula is C25H20FN3OS2. The molecule has 1 saturated heterocycles. The minimum absolute atomic E-state index is 0.213. The second-order valence-electron chi connectivity index (χ2n) is 7.50. The van der Waals surface area contributed by atoms with Gasteiger partial charge in [0.1, 0.15) is 17.6 Å². The van der Waals surface area contributed by atoms with E-state index in [1.54, 1.807) is 37.0 Å². The molecule has 32 heavy (non-hydrogen) atoms. The quantitative estimate of drug-likeness (QED) is 0.345. The molecule has 2 atom stereocenters. The molecule has 0 unspecified atom stereocenters. The van der Waals surface area contributed by atoms with Gasteiger partial charge in [-0.2, -0.15) is 0 Å². The lowest BCUT2D eigenvalue weighted by Crippen LogP contribution is -2.29. The molecule has 1 aliphatic rings. The third-order valence-corrected chi connectivity index (χ3v) is 6.62. The lowest BCUT2D eigenvalue weighted by atomic mass is 10.0. The van der Waals surface area contributed by atoms with Crippen LogP contribution in [0.2, 0.25) is 0 Å². The largest absolute Gasteiger partial charge is 0.452 e. The van der Waals surface area contributed by atoms with Crippen LogP contribution in [0.3, 0.4) is 0 Å². The minimum atomic E-state index is -0.271. The summed E-state index contributed by atoms with van der Waals surface area (Å²) in [5.74, 6) is 0.512. The van der Waals surface area contributed by atoms with Crippen molar-refractivity contribution in [2.75, 3.05) is 4.90 Å². The van der Waals surface area contributed by atoms with E-state index in [9.17, 15) is 4.39 Å². The van der Waals surface area contributed by atoms with Gasteiger partial charge in [0.2, 0.25) is 0 Å². The maximum atomic E-state index is 14.0. The molecule has 0 amide bonds. The van der Waals surface area contributed by atoms with E-state index in [1.807, 2.05) is 65.6 Å². The number of nitrogens with zero attached hydrogens (tertiary/aromatic N) is 2. The molecule has 1 aliphatic heterocycles. The van der Waals surface area contributed by atoms with Gasteiger partial charge >= 0.3 is 0 Å². The van der Waals surface area contributed by atoms with E-state index >= 15 is 0 Å². The first-order valence-corrected chi connectivity index (χ1v) is 11.4. The number of furan rings is 1. The zero-order valence-corrected chi connectivity index (χ0v) is 18.9. The molecule has 2 aromatic heterocycles. The van der Waals surface area contributed by atoms with Crippen molar-refractivity contribution in [2.24, 2.45) is 0 Å². The number of thiocarbonyl (C=S) groups is 1. The fourth-order valence-electron chi connectivity index (χ4n) is 3.85. The molecule has 0 radical (unpaired) electrons. The summed E-state index contributed by atoms with van der Waals surface area (Å²) in [7, 11) is 0. The van der Waals surface area contributed by atoms with Gasteiger partial charge in [0.05, 0.1) is 11.7 Å². The minimum Gasteiger partial charge on any atom is -0.452 e. The highest BCUT2D eigenvalue weighted by atomic mass is 32.2. The lowest BCUT2D eigenvalue weighted by molar-refractivity contribution is 0.383. The van der Waals surface area contributed by atoms with Crippen molar-refractivity contribution in [3.05, 3.63) is 108 Å². The molecule has 0 saturated carbocycles. The van der Waals surface area contributed by atoms with Crippen LogP contribution in [0.1, 0.15) is 29.1 Å². The van der Waals surface area contributed by atoms with Crippen molar-refractivity contribution in [2.45, 2.75) is 29.0 Å². The molecule has 0 aliphatic carbocycles. The zero-order valence-electron chi connectivity index (χ0n) is 17.2. The van der Waals surface area contributed by atoms with Gasteiger partial charge in [-0.25, -0.2) is 4.39 Å². The van der Waals surface area contributed by atoms with Crippen LogP contribution in [0.4, 0.5) is 10.1 Å². The number of aromatic nitrogens is 1. The Bertz CT molecular complexity index is 1250. The Morgan fingerprint density at radius 3 is 2.59 bits per heavy atom.